The second-order valence-corrected chi connectivity index (χ2v) is 9.32. The van der Waals surface area contributed by atoms with Crippen LogP contribution in [0.5, 0.6) is 11.5 Å². The maximum Gasteiger partial charge on any atom is 0.325 e. The number of fused-ring (bicyclic) bond motifs is 4. The Kier molecular flexibility index (Phi) is 5.96. The van der Waals surface area contributed by atoms with Gasteiger partial charge in [-0.3, -0.25) is 19.3 Å². The lowest BCUT2D eigenvalue weighted by atomic mass is 9.83. The van der Waals surface area contributed by atoms with E-state index in [-0.39, 0.29) is 36.3 Å². The van der Waals surface area contributed by atoms with E-state index in [1.54, 1.807) is 35.2 Å². The third-order valence-corrected chi connectivity index (χ3v) is 7.11. The molecular weight excluding hydrogens is 452 g/mol. The highest BCUT2D eigenvalue weighted by molar-refractivity contribution is 6.05. The Labute approximate surface area is 202 Å². The van der Waals surface area contributed by atoms with Gasteiger partial charge in [0, 0.05) is 37.3 Å². The Bertz CT molecular complexity index is 1240. The van der Waals surface area contributed by atoms with Crippen molar-refractivity contribution < 1.29 is 23.9 Å². The van der Waals surface area contributed by atoms with E-state index in [0.717, 1.165) is 17.0 Å². The summed E-state index contributed by atoms with van der Waals surface area (Å²) in [5.41, 5.74) is 1.65. The zero-order chi connectivity index (χ0) is 24.7. The first-order chi connectivity index (χ1) is 16.9. The van der Waals surface area contributed by atoms with Crippen molar-refractivity contribution in [1.82, 2.24) is 19.7 Å². The Hall–Kier alpha value is -3.82. The maximum atomic E-state index is 13.1. The second kappa shape index (κ2) is 9.09. The van der Waals surface area contributed by atoms with Crippen molar-refractivity contribution in [1.29, 1.82) is 0 Å². The van der Waals surface area contributed by atoms with Crippen LogP contribution in [0.15, 0.2) is 41.2 Å². The monoisotopic (exact) mass is 480 g/mol. The van der Waals surface area contributed by atoms with Crippen molar-refractivity contribution >= 4 is 17.8 Å². The lowest BCUT2D eigenvalue weighted by Gasteiger charge is -2.43. The standard InChI is InChI=1S/C25H28N4O6/c1-34-20-7-6-15(9-21(20)35-2)12-29-24(32)18(26-25(29)33)10-23(31)27-11-16-8-17(14-27)19-4-3-5-22(30)28(19)13-16/h3-7,9,16-18H,8,10-14H2,1-2H3,(H,26,33). The van der Waals surface area contributed by atoms with Crippen molar-refractivity contribution in [2.75, 3.05) is 27.3 Å². The van der Waals surface area contributed by atoms with Crippen LogP contribution in [0.4, 0.5) is 4.79 Å². The Morgan fingerprint density at radius 1 is 1.03 bits per heavy atom. The summed E-state index contributed by atoms with van der Waals surface area (Å²) in [6.45, 7) is 1.70. The first kappa shape index (κ1) is 22.9. The average molecular weight is 481 g/mol. The van der Waals surface area contributed by atoms with E-state index in [2.05, 4.69) is 5.32 Å². The molecule has 3 aliphatic heterocycles. The predicted molar refractivity (Wildman–Crippen MR) is 125 cm³/mol. The summed E-state index contributed by atoms with van der Waals surface area (Å²) in [5.74, 6) is 0.751. The Morgan fingerprint density at radius 3 is 2.60 bits per heavy atom. The molecule has 10 nitrogen and oxygen atoms in total. The summed E-state index contributed by atoms with van der Waals surface area (Å²) in [6.07, 6.45) is 0.847. The summed E-state index contributed by atoms with van der Waals surface area (Å²) < 4.78 is 12.3. The van der Waals surface area contributed by atoms with Gasteiger partial charge in [-0.2, -0.15) is 0 Å². The SMILES string of the molecule is COc1ccc(CN2C(=O)NC(CC(=O)N3CC4CC(C3)c3cccc(=O)n3C4)C2=O)cc1OC. The lowest BCUT2D eigenvalue weighted by molar-refractivity contribution is -0.137. The number of carbonyl (C=O) groups excluding carboxylic acids is 3. The molecule has 184 valence electrons. The number of ether oxygens (including phenoxy) is 2. The average Bonchev–Trinajstić information content (AvgIpc) is 3.11. The van der Waals surface area contributed by atoms with Crippen LogP contribution in [0.1, 0.15) is 30.0 Å². The van der Waals surface area contributed by atoms with Crippen LogP contribution in [0.2, 0.25) is 0 Å². The summed E-state index contributed by atoms with van der Waals surface area (Å²) in [5, 5.41) is 2.66. The fraction of sp³-hybridized carbons (Fsp3) is 0.440. The summed E-state index contributed by atoms with van der Waals surface area (Å²) in [6, 6.07) is 9.04. The van der Waals surface area contributed by atoms with Gasteiger partial charge in [-0.25, -0.2) is 4.79 Å². The van der Waals surface area contributed by atoms with Crippen LogP contribution in [0.25, 0.3) is 0 Å². The van der Waals surface area contributed by atoms with Gasteiger partial charge in [-0.15, -0.1) is 0 Å². The first-order valence-electron chi connectivity index (χ1n) is 11.7. The summed E-state index contributed by atoms with van der Waals surface area (Å²) >= 11 is 0. The smallest absolute Gasteiger partial charge is 0.325 e. The maximum absolute atomic E-state index is 13.1. The van der Waals surface area contributed by atoms with Crippen LogP contribution in [-0.2, 0) is 22.7 Å². The van der Waals surface area contributed by atoms with Gasteiger partial charge < -0.3 is 24.3 Å². The Balaban J connectivity index is 1.24. The van der Waals surface area contributed by atoms with E-state index in [1.807, 2.05) is 10.6 Å². The molecule has 35 heavy (non-hydrogen) atoms. The number of nitrogens with zero attached hydrogens (tertiary/aromatic N) is 3. The van der Waals surface area contributed by atoms with Gasteiger partial charge in [0.25, 0.3) is 11.5 Å². The van der Waals surface area contributed by atoms with Crippen molar-refractivity contribution in [2.45, 2.75) is 37.9 Å². The molecule has 0 aliphatic carbocycles. The Morgan fingerprint density at radius 2 is 1.83 bits per heavy atom. The number of carbonyl (C=O) groups is 3. The summed E-state index contributed by atoms with van der Waals surface area (Å²) in [4.78, 5) is 53.8. The highest BCUT2D eigenvalue weighted by Crippen LogP contribution is 2.35. The molecule has 2 bridgehead atoms. The number of pyridine rings is 1. The minimum Gasteiger partial charge on any atom is -0.493 e. The largest absolute Gasteiger partial charge is 0.493 e. The molecule has 5 rings (SSSR count). The predicted octanol–water partition coefficient (Wildman–Crippen LogP) is 1.32. The highest BCUT2D eigenvalue weighted by atomic mass is 16.5. The van der Waals surface area contributed by atoms with Gasteiger partial charge in [-0.05, 0) is 36.1 Å². The van der Waals surface area contributed by atoms with E-state index in [0.29, 0.717) is 36.7 Å². The number of benzene rings is 1. The zero-order valence-electron chi connectivity index (χ0n) is 19.7. The van der Waals surface area contributed by atoms with Crippen LogP contribution in [-0.4, -0.2) is 65.6 Å². The fourth-order valence-electron chi connectivity index (χ4n) is 5.43. The van der Waals surface area contributed by atoms with E-state index in [1.165, 1.54) is 14.2 Å². The van der Waals surface area contributed by atoms with E-state index < -0.39 is 18.0 Å². The molecular formula is C25H28N4O6. The quantitative estimate of drug-likeness (QED) is 0.625. The molecule has 0 spiro atoms. The fourth-order valence-corrected chi connectivity index (χ4v) is 5.43. The molecule has 3 unspecified atom stereocenters. The lowest BCUT2D eigenvalue weighted by Crippen LogP contribution is -2.50. The van der Waals surface area contributed by atoms with Gasteiger partial charge in [0.15, 0.2) is 11.5 Å². The molecule has 1 N–H and O–H groups in total. The van der Waals surface area contributed by atoms with Gasteiger partial charge in [0.1, 0.15) is 6.04 Å². The number of hydrogen-bond donors (Lipinski definition) is 1. The third-order valence-electron chi connectivity index (χ3n) is 7.11. The van der Waals surface area contributed by atoms with Crippen LogP contribution in [0, 0.1) is 5.92 Å². The number of urea groups is 1. The van der Waals surface area contributed by atoms with Crippen LogP contribution >= 0.6 is 0 Å². The minimum atomic E-state index is -0.896. The minimum absolute atomic E-state index is 0.00851. The zero-order valence-corrected chi connectivity index (χ0v) is 19.7. The van der Waals surface area contributed by atoms with Crippen molar-refractivity contribution in [3.05, 3.63) is 58.0 Å². The number of hydrogen-bond acceptors (Lipinski definition) is 6. The van der Waals surface area contributed by atoms with Crippen molar-refractivity contribution in [3.63, 3.8) is 0 Å². The van der Waals surface area contributed by atoms with Gasteiger partial charge in [-0.1, -0.05) is 12.1 Å². The second-order valence-electron chi connectivity index (χ2n) is 9.32. The molecule has 2 fully saturated rings. The molecule has 0 saturated carbocycles. The molecule has 4 heterocycles. The van der Waals surface area contributed by atoms with Crippen LogP contribution < -0.4 is 20.3 Å². The van der Waals surface area contributed by atoms with E-state index in [4.69, 9.17) is 9.47 Å². The van der Waals surface area contributed by atoms with E-state index >= 15 is 0 Å². The number of aromatic nitrogens is 1. The van der Waals surface area contributed by atoms with Gasteiger partial charge in [0.05, 0.1) is 27.2 Å². The molecule has 3 atom stereocenters. The number of amides is 4. The van der Waals surface area contributed by atoms with Crippen molar-refractivity contribution in [2.24, 2.45) is 5.92 Å². The number of piperidine rings is 1. The van der Waals surface area contributed by atoms with Gasteiger partial charge >= 0.3 is 6.03 Å². The number of imide groups is 1. The third kappa shape index (κ3) is 4.24. The van der Waals surface area contributed by atoms with Crippen molar-refractivity contribution in [3.8, 4) is 11.5 Å². The molecule has 2 aromatic rings. The molecule has 2 saturated heterocycles. The molecule has 10 heteroatoms. The molecule has 3 aliphatic rings. The molecule has 4 amide bonds. The first-order valence-corrected chi connectivity index (χ1v) is 11.7. The topological polar surface area (TPSA) is 110 Å². The number of methoxy groups -OCH3 is 2. The molecule has 0 radical (unpaired) electrons. The van der Waals surface area contributed by atoms with Crippen LogP contribution in [0.3, 0.4) is 0 Å². The summed E-state index contributed by atoms with van der Waals surface area (Å²) in [7, 11) is 3.05. The normalized spacial score (nSPS) is 23.1. The molecule has 1 aromatic carbocycles. The highest BCUT2D eigenvalue weighted by Gasteiger charge is 2.42. The van der Waals surface area contributed by atoms with Gasteiger partial charge in [0.2, 0.25) is 5.91 Å². The number of nitrogens with one attached hydrogen (secondary N) is 1. The number of likely N-dealkylation sites (tertiary alicyclic amines) is 1. The molecule has 1 aromatic heterocycles. The van der Waals surface area contributed by atoms with E-state index in [9.17, 15) is 19.2 Å². The number of rotatable bonds is 6.